The maximum Gasteiger partial charge on any atom is 0.223 e. The molecule has 6 heteroatoms. The number of thiophene rings is 1. The lowest BCUT2D eigenvalue weighted by molar-refractivity contribution is -0.129. The van der Waals surface area contributed by atoms with Gasteiger partial charge in [0.1, 0.15) is 11.8 Å². The maximum atomic E-state index is 12.4. The fraction of sp³-hybridized carbons (Fsp3) is 0.333. The van der Waals surface area contributed by atoms with Crippen LogP contribution in [0.3, 0.4) is 0 Å². The minimum atomic E-state index is -0.00997. The average Bonchev–Trinajstić information content (AvgIpc) is 3.49. The molecule has 0 radical (unpaired) electrons. The maximum absolute atomic E-state index is 12.4. The van der Waals surface area contributed by atoms with Crippen molar-refractivity contribution < 1.29 is 14.6 Å². The van der Waals surface area contributed by atoms with Crippen LogP contribution in [0.5, 0.6) is 5.75 Å². The number of aliphatic hydroxyl groups excluding tert-OH is 1. The van der Waals surface area contributed by atoms with Gasteiger partial charge in [0.15, 0.2) is 0 Å². The summed E-state index contributed by atoms with van der Waals surface area (Å²) in [6.45, 7) is 4.28. The van der Waals surface area contributed by atoms with Gasteiger partial charge in [-0.2, -0.15) is 5.26 Å². The average molecular weight is 459 g/mol. The van der Waals surface area contributed by atoms with Crippen molar-refractivity contribution in [2.24, 2.45) is 5.92 Å². The Bertz CT molecular complexity index is 1260. The molecule has 5 rings (SSSR count). The first-order valence-corrected chi connectivity index (χ1v) is 12.1. The fourth-order valence-corrected chi connectivity index (χ4v) is 6.26. The summed E-state index contributed by atoms with van der Waals surface area (Å²) < 4.78 is 5.76. The molecule has 5 nitrogen and oxygen atoms in total. The number of carbonyl (C=O) groups excluding carboxylic acids is 1. The Morgan fingerprint density at radius 3 is 2.76 bits per heavy atom. The highest BCUT2D eigenvalue weighted by Gasteiger charge is 2.45. The molecule has 1 aliphatic heterocycles. The molecule has 1 fully saturated rings. The lowest BCUT2D eigenvalue weighted by Crippen LogP contribution is -2.30. The Kier molecular flexibility index (Phi) is 5.69. The first-order valence-electron chi connectivity index (χ1n) is 11.3. The van der Waals surface area contributed by atoms with Crippen LogP contribution in [0.2, 0.25) is 0 Å². The third-order valence-electron chi connectivity index (χ3n) is 6.50. The van der Waals surface area contributed by atoms with Gasteiger partial charge in [-0.05, 0) is 78.8 Å². The minimum absolute atomic E-state index is 0.00997. The molecular formula is C27H26N2O3S. The van der Waals surface area contributed by atoms with Crippen molar-refractivity contribution in [1.29, 1.82) is 5.26 Å². The third-order valence-corrected chi connectivity index (χ3v) is 7.66. The highest BCUT2D eigenvalue weighted by Crippen LogP contribution is 2.50. The lowest BCUT2D eigenvalue weighted by Gasteiger charge is -2.24. The number of likely N-dealkylation sites (tertiary alicyclic amines) is 1. The molecule has 3 aromatic rings. The van der Waals surface area contributed by atoms with E-state index in [9.17, 15) is 15.2 Å². The standard InChI is InChI=1S/C27H26N2O3S/c1-16(2)32-23-7-6-17(12-19(23)15-28)24-8-9-25(33-24)20-4-3-5-21-22(20)13-18-14-26(31)29(10-11-30)27(18)21/h3-9,12,16,18,27,30H,10-11,13-14H2,1-2H3/t18-,27+/m0/s1. The normalized spacial score (nSPS) is 19.0. The molecule has 33 heavy (non-hydrogen) atoms. The molecule has 2 aliphatic rings. The number of rotatable bonds is 6. The predicted molar refractivity (Wildman–Crippen MR) is 129 cm³/mol. The molecular weight excluding hydrogens is 432 g/mol. The lowest BCUT2D eigenvalue weighted by atomic mass is 10.0. The van der Waals surface area contributed by atoms with Crippen molar-refractivity contribution in [3.8, 4) is 32.7 Å². The number of fused-ring (bicyclic) bond motifs is 3. The first kappa shape index (κ1) is 21.7. The van der Waals surface area contributed by atoms with Crippen molar-refractivity contribution in [1.82, 2.24) is 4.90 Å². The fourth-order valence-electron chi connectivity index (χ4n) is 5.21. The number of aliphatic hydroxyl groups is 1. The second-order valence-corrected chi connectivity index (χ2v) is 10.0. The van der Waals surface area contributed by atoms with Crippen LogP contribution < -0.4 is 4.74 Å². The van der Waals surface area contributed by atoms with Gasteiger partial charge in [0.05, 0.1) is 24.3 Å². The largest absolute Gasteiger partial charge is 0.490 e. The summed E-state index contributed by atoms with van der Waals surface area (Å²) in [4.78, 5) is 16.6. The molecule has 0 unspecified atom stereocenters. The monoisotopic (exact) mass is 458 g/mol. The number of hydrogen-bond acceptors (Lipinski definition) is 5. The second kappa shape index (κ2) is 8.66. The summed E-state index contributed by atoms with van der Waals surface area (Å²) in [5.74, 6) is 1.04. The van der Waals surface area contributed by atoms with Gasteiger partial charge in [0, 0.05) is 22.7 Å². The zero-order valence-electron chi connectivity index (χ0n) is 18.7. The number of benzene rings is 2. The molecule has 0 bridgehead atoms. The van der Waals surface area contributed by atoms with Crippen molar-refractivity contribution in [3.63, 3.8) is 0 Å². The molecule has 2 aromatic carbocycles. The van der Waals surface area contributed by atoms with Crippen LogP contribution in [0.25, 0.3) is 20.9 Å². The van der Waals surface area contributed by atoms with E-state index in [1.54, 1.807) is 11.3 Å². The Labute approximate surface area is 197 Å². The van der Waals surface area contributed by atoms with Crippen LogP contribution >= 0.6 is 11.3 Å². The number of hydrogen-bond donors (Lipinski definition) is 1. The van der Waals surface area contributed by atoms with E-state index >= 15 is 0 Å². The SMILES string of the molecule is CC(C)Oc1ccc(-c2ccc(-c3cccc4c3C[C@H]3CC(=O)N(CCO)[C@@H]43)s2)cc1C#N. The number of ether oxygens (including phenoxy) is 1. The smallest absolute Gasteiger partial charge is 0.223 e. The second-order valence-electron chi connectivity index (χ2n) is 8.95. The van der Waals surface area contributed by atoms with Crippen molar-refractivity contribution in [2.75, 3.05) is 13.2 Å². The summed E-state index contributed by atoms with van der Waals surface area (Å²) in [6, 6.07) is 18.7. The molecule has 1 saturated heterocycles. The van der Waals surface area contributed by atoms with E-state index in [1.807, 2.05) is 36.9 Å². The van der Waals surface area contributed by atoms with Gasteiger partial charge in [0.25, 0.3) is 0 Å². The summed E-state index contributed by atoms with van der Waals surface area (Å²) in [5.41, 5.74) is 5.29. The molecule has 2 atom stereocenters. The van der Waals surface area contributed by atoms with Gasteiger partial charge in [-0.1, -0.05) is 18.2 Å². The van der Waals surface area contributed by atoms with Crippen LogP contribution in [-0.4, -0.2) is 35.2 Å². The quantitative estimate of drug-likeness (QED) is 0.552. The predicted octanol–water partition coefficient (Wildman–Crippen LogP) is 5.18. The Hall–Kier alpha value is -3.14. The minimum Gasteiger partial charge on any atom is -0.490 e. The molecule has 1 N–H and O–H groups in total. The van der Waals surface area contributed by atoms with E-state index < -0.39 is 0 Å². The summed E-state index contributed by atoms with van der Waals surface area (Å²) in [5, 5.41) is 19.0. The van der Waals surface area contributed by atoms with E-state index in [2.05, 4.69) is 36.4 Å². The molecule has 1 amide bonds. The number of nitrogens with zero attached hydrogens (tertiary/aromatic N) is 2. The first-order chi connectivity index (χ1) is 16.0. The van der Waals surface area contributed by atoms with E-state index in [0.29, 0.717) is 24.3 Å². The Morgan fingerprint density at radius 1 is 1.18 bits per heavy atom. The highest BCUT2D eigenvalue weighted by atomic mass is 32.1. The molecule has 2 heterocycles. The highest BCUT2D eigenvalue weighted by molar-refractivity contribution is 7.18. The van der Waals surface area contributed by atoms with Crippen LogP contribution in [0, 0.1) is 17.2 Å². The van der Waals surface area contributed by atoms with Gasteiger partial charge < -0.3 is 14.7 Å². The number of carbonyl (C=O) groups is 1. The van der Waals surface area contributed by atoms with E-state index in [1.165, 1.54) is 21.6 Å². The van der Waals surface area contributed by atoms with Crippen molar-refractivity contribution >= 4 is 17.2 Å². The molecule has 0 saturated carbocycles. The summed E-state index contributed by atoms with van der Waals surface area (Å²) in [7, 11) is 0. The summed E-state index contributed by atoms with van der Waals surface area (Å²) >= 11 is 1.71. The van der Waals surface area contributed by atoms with Gasteiger partial charge in [0.2, 0.25) is 5.91 Å². The Balaban J connectivity index is 1.48. The van der Waals surface area contributed by atoms with Crippen LogP contribution in [-0.2, 0) is 11.2 Å². The van der Waals surface area contributed by atoms with Crippen molar-refractivity contribution in [3.05, 3.63) is 65.2 Å². The topological polar surface area (TPSA) is 73.6 Å². The molecule has 1 aliphatic carbocycles. The van der Waals surface area contributed by atoms with Gasteiger partial charge in [-0.25, -0.2) is 0 Å². The number of β-amino-alcohol motifs (C(OH)–C–C–N with tert-alkyl or cyclic N) is 1. The Morgan fingerprint density at radius 2 is 2.00 bits per heavy atom. The van der Waals surface area contributed by atoms with Gasteiger partial charge in [-0.15, -0.1) is 11.3 Å². The van der Waals surface area contributed by atoms with Crippen LogP contribution in [0.1, 0.15) is 43.0 Å². The number of nitriles is 1. The van der Waals surface area contributed by atoms with Crippen molar-refractivity contribution in [2.45, 2.75) is 38.8 Å². The van der Waals surface area contributed by atoms with Crippen LogP contribution in [0.4, 0.5) is 0 Å². The molecule has 1 aromatic heterocycles. The van der Waals surface area contributed by atoms with Gasteiger partial charge in [-0.3, -0.25) is 4.79 Å². The number of amides is 1. The van der Waals surface area contributed by atoms with Crippen LogP contribution in [0.15, 0.2) is 48.5 Å². The third kappa shape index (κ3) is 3.82. The zero-order chi connectivity index (χ0) is 23.1. The molecule has 0 spiro atoms. The summed E-state index contributed by atoms with van der Waals surface area (Å²) in [6.07, 6.45) is 1.45. The molecule has 168 valence electrons. The van der Waals surface area contributed by atoms with E-state index in [4.69, 9.17) is 4.74 Å². The van der Waals surface area contributed by atoms with Gasteiger partial charge >= 0.3 is 0 Å². The van der Waals surface area contributed by atoms with E-state index in [0.717, 1.165) is 16.9 Å². The zero-order valence-corrected chi connectivity index (χ0v) is 19.6. The van der Waals surface area contributed by atoms with E-state index in [-0.39, 0.29) is 30.6 Å².